The number of benzene rings is 1. The number of anilines is 1. The summed E-state index contributed by atoms with van der Waals surface area (Å²) in [6.07, 6.45) is 1.49. The van der Waals surface area contributed by atoms with Crippen molar-refractivity contribution in [3.05, 3.63) is 28.8 Å². The first kappa shape index (κ1) is 14.3. The summed E-state index contributed by atoms with van der Waals surface area (Å²) < 4.78 is 0. The van der Waals surface area contributed by atoms with E-state index in [1.165, 1.54) is 0 Å². The fraction of sp³-hybridized carbons (Fsp3) is 0.385. The molecule has 0 saturated heterocycles. The molecule has 0 aromatic heterocycles. The van der Waals surface area contributed by atoms with E-state index in [0.717, 1.165) is 6.42 Å². The standard InChI is InChI=1S/C13H15ClN2O2/c1-9(3-2-4-13(17)18)16-12-7-11(14)6-5-10(12)8-15/h5-7,9,16H,2-4H2,1H3,(H,17,18). The molecule has 0 saturated carbocycles. The molecular weight excluding hydrogens is 252 g/mol. The Labute approximate surface area is 111 Å². The van der Waals surface area contributed by atoms with Crippen molar-refractivity contribution < 1.29 is 9.90 Å². The van der Waals surface area contributed by atoms with Gasteiger partial charge in [0.1, 0.15) is 6.07 Å². The highest BCUT2D eigenvalue weighted by atomic mass is 35.5. The first-order chi connectivity index (χ1) is 8.52. The second-order valence-corrected chi connectivity index (χ2v) is 4.57. The highest BCUT2D eigenvalue weighted by Crippen LogP contribution is 2.21. The predicted molar refractivity (Wildman–Crippen MR) is 70.7 cm³/mol. The molecule has 0 fully saturated rings. The number of nitrogens with zero attached hydrogens (tertiary/aromatic N) is 1. The third-order valence-corrected chi connectivity index (χ3v) is 2.77. The van der Waals surface area contributed by atoms with E-state index in [-0.39, 0.29) is 12.5 Å². The molecule has 0 radical (unpaired) electrons. The summed E-state index contributed by atoms with van der Waals surface area (Å²) in [6, 6.07) is 7.21. The first-order valence-electron chi connectivity index (χ1n) is 5.71. The van der Waals surface area contributed by atoms with E-state index in [1.54, 1.807) is 18.2 Å². The molecule has 18 heavy (non-hydrogen) atoms. The summed E-state index contributed by atoms with van der Waals surface area (Å²) in [5.74, 6) is -0.789. The van der Waals surface area contributed by atoms with Gasteiger partial charge >= 0.3 is 5.97 Å². The first-order valence-corrected chi connectivity index (χ1v) is 6.08. The average Bonchev–Trinajstić information content (AvgIpc) is 2.28. The molecule has 96 valence electrons. The number of hydrogen-bond donors (Lipinski definition) is 2. The summed E-state index contributed by atoms with van der Waals surface area (Å²) >= 11 is 5.88. The molecule has 4 nitrogen and oxygen atoms in total. The molecule has 5 heteroatoms. The SMILES string of the molecule is CC(CCCC(=O)O)Nc1cc(Cl)ccc1C#N. The number of carboxylic acid groups (broad SMARTS) is 1. The Morgan fingerprint density at radius 3 is 2.94 bits per heavy atom. The van der Waals surface area contributed by atoms with Crippen LogP contribution in [0.25, 0.3) is 0 Å². The fourth-order valence-corrected chi connectivity index (χ4v) is 1.80. The molecule has 0 spiro atoms. The smallest absolute Gasteiger partial charge is 0.303 e. The fourth-order valence-electron chi connectivity index (χ4n) is 1.63. The minimum Gasteiger partial charge on any atom is -0.481 e. The normalized spacial score (nSPS) is 11.6. The third-order valence-electron chi connectivity index (χ3n) is 2.53. The zero-order valence-electron chi connectivity index (χ0n) is 10.1. The summed E-state index contributed by atoms with van der Waals surface area (Å²) in [5.41, 5.74) is 1.22. The van der Waals surface area contributed by atoms with Crippen LogP contribution in [0.5, 0.6) is 0 Å². The van der Waals surface area contributed by atoms with Crippen molar-refractivity contribution in [3.63, 3.8) is 0 Å². The van der Waals surface area contributed by atoms with Gasteiger partial charge in [-0.2, -0.15) is 5.26 Å². The minimum atomic E-state index is -0.789. The number of aliphatic carboxylic acids is 1. The van der Waals surface area contributed by atoms with Crippen molar-refractivity contribution in [1.29, 1.82) is 5.26 Å². The van der Waals surface area contributed by atoms with Gasteiger partial charge in [-0.15, -0.1) is 0 Å². The van der Waals surface area contributed by atoms with Gasteiger partial charge in [0.2, 0.25) is 0 Å². The van der Waals surface area contributed by atoms with Gasteiger partial charge in [-0.25, -0.2) is 0 Å². The molecule has 1 aromatic rings. The van der Waals surface area contributed by atoms with E-state index in [9.17, 15) is 4.79 Å². The maximum absolute atomic E-state index is 10.4. The minimum absolute atomic E-state index is 0.0925. The molecule has 1 unspecified atom stereocenters. The van der Waals surface area contributed by atoms with E-state index in [4.69, 9.17) is 22.0 Å². The lowest BCUT2D eigenvalue weighted by Crippen LogP contribution is -2.16. The second-order valence-electron chi connectivity index (χ2n) is 4.13. The van der Waals surface area contributed by atoms with Gasteiger partial charge in [0.25, 0.3) is 0 Å². The number of hydrogen-bond acceptors (Lipinski definition) is 3. The average molecular weight is 267 g/mol. The molecule has 0 aliphatic carbocycles. The summed E-state index contributed by atoms with van der Waals surface area (Å²) in [7, 11) is 0. The lowest BCUT2D eigenvalue weighted by molar-refractivity contribution is -0.137. The highest BCUT2D eigenvalue weighted by Gasteiger charge is 2.08. The van der Waals surface area contributed by atoms with Gasteiger partial charge in [-0.3, -0.25) is 4.79 Å². The quantitative estimate of drug-likeness (QED) is 0.829. The second kappa shape index (κ2) is 6.87. The van der Waals surface area contributed by atoms with Crippen LogP contribution in [0.1, 0.15) is 31.7 Å². The number of halogens is 1. The lowest BCUT2D eigenvalue weighted by atomic mass is 10.1. The molecule has 1 rings (SSSR count). The Balaban J connectivity index is 2.58. The van der Waals surface area contributed by atoms with Crippen LogP contribution < -0.4 is 5.32 Å². The third kappa shape index (κ3) is 4.64. The molecule has 2 N–H and O–H groups in total. The Morgan fingerprint density at radius 1 is 1.61 bits per heavy atom. The molecule has 0 aliphatic rings. The van der Waals surface area contributed by atoms with Gasteiger partial charge in [-0.05, 0) is 38.0 Å². The lowest BCUT2D eigenvalue weighted by Gasteiger charge is -2.16. The van der Waals surface area contributed by atoms with Crippen LogP contribution in [0.15, 0.2) is 18.2 Å². The van der Waals surface area contributed by atoms with Gasteiger partial charge in [0, 0.05) is 17.5 Å². The summed E-state index contributed by atoms with van der Waals surface area (Å²) in [5, 5.41) is 21.3. The zero-order valence-corrected chi connectivity index (χ0v) is 10.9. The topological polar surface area (TPSA) is 73.1 Å². The number of carbonyl (C=O) groups is 1. The number of nitriles is 1. The Kier molecular flexibility index (Phi) is 5.47. The Hall–Kier alpha value is -1.73. The van der Waals surface area contributed by atoms with E-state index in [0.29, 0.717) is 22.7 Å². The molecule has 0 amide bonds. The van der Waals surface area contributed by atoms with Crippen molar-refractivity contribution in [1.82, 2.24) is 0 Å². The van der Waals surface area contributed by atoms with Crippen LogP contribution in [0, 0.1) is 11.3 Å². The highest BCUT2D eigenvalue weighted by molar-refractivity contribution is 6.30. The van der Waals surface area contributed by atoms with Crippen molar-refractivity contribution >= 4 is 23.3 Å². The molecule has 1 aromatic carbocycles. The van der Waals surface area contributed by atoms with Crippen LogP contribution in [0.3, 0.4) is 0 Å². The largest absolute Gasteiger partial charge is 0.481 e. The van der Waals surface area contributed by atoms with Crippen molar-refractivity contribution in [2.75, 3.05) is 5.32 Å². The Morgan fingerprint density at radius 2 is 2.33 bits per heavy atom. The Bertz CT molecular complexity index is 469. The molecule has 0 aliphatic heterocycles. The monoisotopic (exact) mass is 266 g/mol. The summed E-state index contributed by atoms with van der Waals surface area (Å²) in [4.78, 5) is 10.4. The van der Waals surface area contributed by atoms with Crippen LogP contribution in [0.2, 0.25) is 5.02 Å². The van der Waals surface area contributed by atoms with Crippen LogP contribution in [-0.2, 0) is 4.79 Å². The van der Waals surface area contributed by atoms with E-state index >= 15 is 0 Å². The predicted octanol–water partition coefficient (Wildman–Crippen LogP) is 3.27. The molecule has 1 atom stereocenters. The van der Waals surface area contributed by atoms with E-state index in [1.807, 2.05) is 6.92 Å². The van der Waals surface area contributed by atoms with Crippen molar-refractivity contribution in [2.45, 2.75) is 32.2 Å². The van der Waals surface area contributed by atoms with Crippen LogP contribution >= 0.6 is 11.6 Å². The van der Waals surface area contributed by atoms with Gasteiger partial charge in [0.15, 0.2) is 0 Å². The number of carboxylic acids is 1. The molecule has 0 heterocycles. The van der Waals surface area contributed by atoms with Crippen LogP contribution in [-0.4, -0.2) is 17.1 Å². The van der Waals surface area contributed by atoms with Crippen molar-refractivity contribution in [2.24, 2.45) is 0 Å². The summed E-state index contributed by atoms with van der Waals surface area (Å²) in [6.45, 7) is 1.95. The maximum atomic E-state index is 10.4. The van der Waals surface area contributed by atoms with E-state index in [2.05, 4.69) is 11.4 Å². The number of nitrogens with one attached hydrogen (secondary N) is 1. The van der Waals surface area contributed by atoms with Gasteiger partial charge < -0.3 is 10.4 Å². The number of rotatable bonds is 6. The van der Waals surface area contributed by atoms with Gasteiger partial charge in [-0.1, -0.05) is 11.6 Å². The maximum Gasteiger partial charge on any atom is 0.303 e. The molecular formula is C13H15ClN2O2. The van der Waals surface area contributed by atoms with Crippen LogP contribution in [0.4, 0.5) is 5.69 Å². The van der Waals surface area contributed by atoms with Gasteiger partial charge in [0.05, 0.1) is 11.3 Å². The van der Waals surface area contributed by atoms with Crippen molar-refractivity contribution in [3.8, 4) is 6.07 Å². The zero-order chi connectivity index (χ0) is 13.5. The van der Waals surface area contributed by atoms with E-state index < -0.39 is 5.97 Å². The molecule has 0 bridgehead atoms.